The molecule has 0 saturated carbocycles. The summed E-state index contributed by atoms with van der Waals surface area (Å²) in [5.41, 5.74) is 2.01. The number of nitrogens with one attached hydrogen (secondary N) is 1. The zero-order valence-corrected chi connectivity index (χ0v) is 25.3. The van der Waals surface area contributed by atoms with Gasteiger partial charge in [-0.25, -0.2) is 4.79 Å². The Balaban J connectivity index is 0.00000462. The Kier molecular flexibility index (Phi) is 12.9. The van der Waals surface area contributed by atoms with E-state index in [-0.39, 0.29) is 36.8 Å². The number of likely N-dealkylation sites (tertiary alicyclic amines) is 1. The highest BCUT2D eigenvalue weighted by atomic mass is 35.5. The van der Waals surface area contributed by atoms with Gasteiger partial charge in [0.05, 0.1) is 20.1 Å². The van der Waals surface area contributed by atoms with E-state index in [0.29, 0.717) is 32.5 Å². The van der Waals surface area contributed by atoms with E-state index in [4.69, 9.17) is 4.74 Å². The molecule has 41 heavy (non-hydrogen) atoms. The highest BCUT2D eigenvalue weighted by molar-refractivity contribution is 7.98. The number of hydrogen-bond acceptors (Lipinski definition) is 7. The van der Waals surface area contributed by atoms with E-state index in [2.05, 4.69) is 39.5 Å². The lowest BCUT2D eigenvalue weighted by atomic mass is 10.0. The number of thioether (sulfide) groups is 1. The Morgan fingerprint density at radius 1 is 1.15 bits per heavy atom. The fourth-order valence-electron chi connectivity index (χ4n) is 5.36. The summed E-state index contributed by atoms with van der Waals surface area (Å²) in [5, 5.41) is 5.17. The van der Waals surface area contributed by atoms with Gasteiger partial charge >= 0.3 is 5.97 Å². The summed E-state index contributed by atoms with van der Waals surface area (Å²) in [4.78, 5) is 47.0. The zero-order chi connectivity index (χ0) is 28.3. The molecule has 0 unspecified atom stereocenters. The number of pyridine rings is 1. The van der Waals surface area contributed by atoms with Gasteiger partial charge in [0.15, 0.2) is 0 Å². The van der Waals surface area contributed by atoms with E-state index in [0.717, 1.165) is 40.5 Å². The third kappa shape index (κ3) is 9.18. The average Bonchev–Trinajstić information content (AvgIpc) is 3.43. The van der Waals surface area contributed by atoms with Gasteiger partial charge in [0.1, 0.15) is 6.04 Å². The predicted molar refractivity (Wildman–Crippen MR) is 166 cm³/mol. The minimum atomic E-state index is -0.687. The molecular formula is C31H39ClN4O4S. The maximum Gasteiger partial charge on any atom is 0.328 e. The average molecular weight is 599 g/mol. The van der Waals surface area contributed by atoms with Crippen LogP contribution >= 0.6 is 24.2 Å². The van der Waals surface area contributed by atoms with E-state index in [1.165, 1.54) is 7.11 Å². The number of methoxy groups -OCH3 is 1. The highest BCUT2D eigenvalue weighted by Crippen LogP contribution is 2.23. The summed E-state index contributed by atoms with van der Waals surface area (Å²) < 4.78 is 4.93. The van der Waals surface area contributed by atoms with Gasteiger partial charge in [-0.15, -0.1) is 12.4 Å². The Bertz CT molecular complexity index is 1290. The van der Waals surface area contributed by atoms with Crippen LogP contribution in [0.5, 0.6) is 0 Å². The normalized spacial score (nSPS) is 15.4. The van der Waals surface area contributed by atoms with Crippen molar-refractivity contribution in [2.45, 2.75) is 44.3 Å². The van der Waals surface area contributed by atoms with Crippen molar-refractivity contribution >= 4 is 52.7 Å². The summed E-state index contributed by atoms with van der Waals surface area (Å²) in [5.74, 6) is 0.136. The van der Waals surface area contributed by atoms with E-state index in [9.17, 15) is 14.4 Å². The first kappa shape index (κ1) is 32.4. The molecular weight excluding hydrogens is 560 g/mol. The first-order chi connectivity index (χ1) is 19.5. The van der Waals surface area contributed by atoms with Crippen molar-refractivity contribution in [3.63, 3.8) is 0 Å². The SMILES string of the molecule is COC(=O)[C@H](CCSC)NC(=O)CN(Cc1cccc2ccccc12)C[C@@H]1CCCN1C(=O)Cc1cccnc1.Cl. The molecule has 2 atom stereocenters. The second-order valence-corrected chi connectivity index (χ2v) is 11.1. The van der Waals surface area contributed by atoms with Crippen LogP contribution in [-0.2, 0) is 32.1 Å². The monoisotopic (exact) mass is 598 g/mol. The van der Waals surface area contributed by atoms with Crippen molar-refractivity contribution in [1.82, 2.24) is 20.1 Å². The smallest absolute Gasteiger partial charge is 0.328 e. The van der Waals surface area contributed by atoms with Crippen molar-refractivity contribution in [3.8, 4) is 0 Å². The van der Waals surface area contributed by atoms with E-state index in [1.807, 2.05) is 41.5 Å². The van der Waals surface area contributed by atoms with Crippen molar-refractivity contribution in [2.24, 2.45) is 0 Å². The maximum atomic E-state index is 13.3. The number of ether oxygens (including phenoxy) is 1. The fourth-order valence-corrected chi connectivity index (χ4v) is 5.83. The Morgan fingerprint density at radius 2 is 1.95 bits per heavy atom. The highest BCUT2D eigenvalue weighted by Gasteiger charge is 2.31. The molecule has 1 fully saturated rings. The van der Waals surface area contributed by atoms with Crippen molar-refractivity contribution < 1.29 is 19.1 Å². The van der Waals surface area contributed by atoms with Crippen LogP contribution in [0, 0.1) is 0 Å². The zero-order valence-electron chi connectivity index (χ0n) is 23.7. The second-order valence-electron chi connectivity index (χ2n) is 10.2. The molecule has 1 aliphatic rings. The number of fused-ring (bicyclic) bond motifs is 1. The van der Waals surface area contributed by atoms with Crippen LogP contribution in [0.25, 0.3) is 10.8 Å². The first-order valence-corrected chi connectivity index (χ1v) is 15.1. The van der Waals surface area contributed by atoms with Crippen LogP contribution in [0.1, 0.15) is 30.4 Å². The number of carbonyl (C=O) groups excluding carboxylic acids is 3. The summed E-state index contributed by atoms with van der Waals surface area (Å²) in [7, 11) is 1.34. The van der Waals surface area contributed by atoms with Gasteiger partial charge in [-0.2, -0.15) is 11.8 Å². The number of aromatic nitrogens is 1. The molecule has 3 aromatic rings. The summed E-state index contributed by atoms with van der Waals surface area (Å²) >= 11 is 1.62. The number of benzene rings is 2. The number of rotatable bonds is 13. The van der Waals surface area contributed by atoms with Crippen molar-refractivity contribution in [3.05, 3.63) is 78.1 Å². The third-order valence-corrected chi connectivity index (χ3v) is 7.96. The molecule has 2 amide bonds. The quantitative estimate of drug-likeness (QED) is 0.296. The summed E-state index contributed by atoms with van der Waals surface area (Å²) in [6.45, 7) is 1.92. The second kappa shape index (κ2) is 16.3. The van der Waals surface area contributed by atoms with Gasteiger partial charge in [0.25, 0.3) is 0 Å². The third-order valence-electron chi connectivity index (χ3n) is 7.32. The van der Waals surface area contributed by atoms with Gasteiger partial charge in [0, 0.05) is 38.1 Å². The van der Waals surface area contributed by atoms with Crippen LogP contribution in [0.3, 0.4) is 0 Å². The maximum absolute atomic E-state index is 13.3. The molecule has 8 nitrogen and oxygen atoms in total. The molecule has 0 spiro atoms. The van der Waals surface area contributed by atoms with E-state index >= 15 is 0 Å². The molecule has 220 valence electrons. The topological polar surface area (TPSA) is 91.8 Å². The van der Waals surface area contributed by atoms with Crippen LogP contribution in [0.15, 0.2) is 67.0 Å². The van der Waals surface area contributed by atoms with Gasteiger partial charge in [-0.05, 0) is 59.2 Å². The van der Waals surface area contributed by atoms with E-state index in [1.54, 1.807) is 24.2 Å². The number of esters is 1. The van der Waals surface area contributed by atoms with Crippen LogP contribution < -0.4 is 5.32 Å². The molecule has 2 aromatic carbocycles. The summed E-state index contributed by atoms with van der Waals surface area (Å²) in [6, 6.07) is 17.5. The molecule has 1 aromatic heterocycles. The standard InChI is InChI=1S/C31H38N4O4S.ClH/c1-39-31(38)28(14-17-40-2)33-29(36)22-34(20-25-11-5-10-24-9-3-4-13-27(24)25)21-26-12-7-16-35(26)30(37)18-23-8-6-15-32-19-23;/h3-6,8-11,13,15,19,26,28H,7,12,14,16-18,20-22H2,1-2H3,(H,33,36);1H/t26-,28-;/m0./s1. The Hall–Kier alpha value is -3.14. The van der Waals surface area contributed by atoms with Gasteiger partial charge in [-0.3, -0.25) is 19.5 Å². The lowest BCUT2D eigenvalue weighted by Crippen LogP contribution is -2.49. The molecule has 10 heteroatoms. The Morgan fingerprint density at radius 3 is 2.71 bits per heavy atom. The lowest BCUT2D eigenvalue weighted by molar-refractivity contribution is -0.145. The fraction of sp³-hybridized carbons (Fsp3) is 0.419. The molecule has 0 radical (unpaired) electrons. The van der Waals surface area contributed by atoms with Gasteiger partial charge in [0.2, 0.25) is 11.8 Å². The minimum Gasteiger partial charge on any atom is -0.467 e. The number of halogens is 1. The van der Waals surface area contributed by atoms with E-state index < -0.39 is 12.0 Å². The number of amides is 2. The van der Waals surface area contributed by atoms with Crippen molar-refractivity contribution in [1.29, 1.82) is 0 Å². The number of carbonyl (C=O) groups is 3. The predicted octanol–water partition coefficient (Wildman–Crippen LogP) is 4.10. The number of hydrogen-bond donors (Lipinski definition) is 1. The molecule has 1 aliphatic heterocycles. The molecule has 0 bridgehead atoms. The van der Waals surface area contributed by atoms with Crippen LogP contribution in [-0.4, -0.2) is 83.4 Å². The van der Waals surface area contributed by atoms with Crippen LogP contribution in [0.4, 0.5) is 0 Å². The molecule has 4 rings (SSSR count). The lowest BCUT2D eigenvalue weighted by Gasteiger charge is -2.31. The van der Waals surface area contributed by atoms with Crippen LogP contribution in [0.2, 0.25) is 0 Å². The Labute approximate surface area is 252 Å². The molecule has 1 N–H and O–H groups in total. The van der Waals surface area contributed by atoms with Gasteiger partial charge < -0.3 is 15.0 Å². The van der Waals surface area contributed by atoms with Gasteiger partial charge in [-0.1, -0.05) is 48.5 Å². The first-order valence-electron chi connectivity index (χ1n) is 13.7. The molecule has 1 saturated heterocycles. The molecule has 0 aliphatic carbocycles. The minimum absolute atomic E-state index is 0. The largest absolute Gasteiger partial charge is 0.467 e. The summed E-state index contributed by atoms with van der Waals surface area (Å²) in [6.07, 6.45) is 8.02. The molecule has 2 heterocycles. The van der Waals surface area contributed by atoms with Crippen molar-refractivity contribution in [2.75, 3.05) is 38.8 Å². The number of nitrogens with zero attached hydrogens (tertiary/aromatic N) is 3.